The average molecular weight is 298 g/mol. The Morgan fingerprint density at radius 3 is 2.67 bits per heavy atom. The summed E-state index contributed by atoms with van der Waals surface area (Å²) in [5, 5.41) is 9.95. The minimum Gasteiger partial charge on any atom is -0.478 e. The van der Waals surface area contributed by atoms with Crippen LogP contribution < -0.4 is 0 Å². The lowest BCUT2D eigenvalue weighted by Crippen LogP contribution is -1.96. The van der Waals surface area contributed by atoms with Crippen LogP contribution in [0, 0.1) is 6.92 Å². The van der Waals surface area contributed by atoms with E-state index in [1.54, 1.807) is 18.7 Å². The Morgan fingerprint density at radius 2 is 1.95 bits per heavy atom. The summed E-state index contributed by atoms with van der Waals surface area (Å²) in [5.41, 5.74) is 2.12. The number of aryl methyl sites for hydroxylation is 1. The molecular formula is C17H14O3S. The van der Waals surface area contributed by atoms with Crippen molar-refractivity contribution in [1.29, 1.82) is 0 Å². The van der Waals surface area contributed by atoms with E-state index in [1.165, 1.54) is 5.56 Å². The lowest BCUT2D eigenvalue weighted by molar-refractivity contribution is 0.0697. The van der Waals surface area contributed by atoms with E-state index in [1.807, 2.05) is 36.4 Å². The smallest absolute Gasteiger partial charge is 0.339 e. The Morgan fingerprint density at radius 1 is 1.19 bits per heavy atom. The Hall–Kier alpha value is -2.20. The molecular weight excluding hydrogens is 284 g/mol. The number of rotatable bonds is 4. The summed E-state index contributed by atoms with van der Waals surface area (Å²) >= 11 is 1.68. The summed E-state index contributed by atoms with van der Waals surface area (Å²) < 4.78 is 5.49. The van der Waals surface area contributed by atoms with Gasteiger partial charge in [0.25, 0.3) is 0 Å². The van der Waals surface area contributed by atoms with E-state index in [9.17, 15) is 9.90 Å². The van der Waals surface area contributed by atoms with Gasteiger partial charge in [0, 0.05) is 16.0 Å². The van der Waals surface area contributed by atoms with Gasteiger partial charge < -0.3 is 9.52 Å². The standard InChI is InChI=1S/C17H14O3S/c1-11-16(17(18)19)14-9-13(7-8-15(14)20-11)21-10-12-5-3-2-4-6-12/h2-9H,10H2,1H3,(H,18,19). The molecule has 106 valence electrons. The van der Waals surface area contributed by atoms with E-state index in [0.717, 1.165) is 10.6 Å². The molecule has 3 rings (SSSR count). The van der Waals surface area contributed by atoms with Crippen molar-refractivity contribution in [1.82, 2.24) is 0 Å². The molecule has 0 aliphatic carbocycles. The Balaban J connectivity index is 1.90. The van der Waals surface area contributed by atoms with Crippen LogP contribution in [0.5, 0.6) is 0 Å². The van der Waals surface area contributed by atoms with E-state index in [2.05, 4.69) is 12.1 Å². The van der Waals surface area contributed by atoms with Crippen molar-refractivity contribution in [2.45, 2.75) is 17.6 Å². The van der Waals surface area contributed by atoms with Gasteiger partial charge in [0.2, 0.25) is 0 Å². The van der Waals surface area contributed by atoms with Crippen molar-refractivity contribution in [2.24, 2.45) is 0 Å². The van der Waals surface area contributed by atoms with Gasteiger partial charge in [0.15, 0.2) is 0 Å². The summed E-state index contributed by atoms with van der Waals surface area (Å²) in [4.78, 5) is 12.4. The molecule has 0 amide bonds. The normalized spacial score (nSPS) is 10.9. The maximum Gasteiger partial charge on any atom is 0.339 e. The van der Waals surface area contributed by atoms with Crippen LogP contribution in [-0.2, 0) is 5.75 Å². The topological polar surface area (TPSA) is 50.4 Å². The molecule has 0 saturated carbocycles. The van der Waals surface area contributed by atoms with Crippen LogP contribution in [0.15, 0.2) is 57.8 Å². The van der Waals surface area contributed by atoms with Gasteiger partial charge in [-0.25, -0.2) is 4.79 Å². The average Bonchev–Trinajstić information content (AvgIpc) is 2.81. The van der Waals surface area contributed by atoms with Crippen molar-refractivity contribution in [3.05, 3.63) is 65.4 Å². The zero-order valence-electron chi connectivity index (χ0n) is 11.5. The third-order valence-electron chi connectivity index (χ3n) is 3.30. The first kappa shape index (κ1) is 13.8. The largest absolute Gasteiger partial charge is 0.478 e. The van der Waals surface area contributed by atoms with E-state index in [4.69, 9.17) is 4.42 Å². The van der Waals surface area contributed by atoms with E-state index in [0.29, 0.717) is 16.7 Å². The molecule has 0 spiro atoms. The Kier molecular flexibility index (Phi) is 3.71. The SMILES string of the molecule is Cc1oc2ccc(SCc3ccccc3)cc2c1C(=O)O. The number of carbonyl (C=O) groups is 1. The maximum atomic E-state index is 11.3. The highest BCUT2D eigenvalue weighted by atomic mass is 32.2. The molecule has 1 heterocycles. The van der Waals surface area contributed by atoms with E-state index < -0.39 is 5.97 Å². The molecule has 0 aliphatic heterocycles. The molecule has 0 fully saturated rings. The van der Waals surface area contributed by atoms with Gasteiger partial charge in [-0.2, -0.15) is 0 Å². The zero-order valence-corrected chi connectivity index (χ0v) is 12.3. The van der Waals surface area contributed by atoms with Crippen LogP contribution >= 0.6 is 11.8 Å². The summed E-state index contributed by atoms with van der Waals surface area (Å²) in [7, 11) is 0. The summed E-state index contributed by atoms with van der Waals surface area (Å²) in [6, 6.07) is 15.9. The molecule has 1 N–H and O–H groups in total. The van der Waals surface area contributed by atoms with Crippen LogP contribution in [0.1, 0.15) is 21.7 Å². The fourth-order valence-corrected chi connectivity index (χ4v) is 3.19. The molecule has 1 aromatic heterocycles. The van der Waals surface area contributed by atoms with E-state index in [-0.39, 0.29) is 5.56 Å². The van der Waals surface area contributed by atoms with Crippen LogP contribution in [0.2, 0.25) is 0 Å². The van der Waals surface area contributed by atoms with Gasteiger partial charge in [-0.05, 0) is 30.7 Å². The van der Waals surface area contributed by atoms with Gasteiger partial charge in [0.1, 0.15) is 16.9 Å². The fourth-order valence-electron chi connectivity index (χ4n) is 2.30. The molecule has 0 saturated heterocycles. The van der Waals surface area contributed by atoms with Crippen molar-refractivity contribution >= 4 is 28.7 Å². The van der Waals surface area contributed by atoms with Crippen LogP contribution in [0.4, 0.5) is 0 Å². The molecule has 4 heteroatoms. The molecule has 2 aromatic carbocycles. The highest BCUT2D eigenvalue weighted by molar-refractivity contribution is 7.98. The lowest BCUT2D eigenvalue weighted by Gasteiger charge is -2.02. The van der Waals surface area contributed by atoms with Gasteiger partial charge in [-0.15, -0.1) is 11.8 Å². The van der Waals surface area contributed by atoms with Gasteiger partial charge in [-0.1, -0.05) is 30.3 Å². The van der Waals surface area contributed by atoms with Crippen molar-refractivity contribution in [3.8, 4) is 0 Å². The van der Waals surface area contributed by atoms with Crippen LogP contribution in [-0.4, -0.2) is 11.1 Å². The third-order valence-corrected chi connectivity index (χ3v) is 4.36. The number of furan rings is 1. The van der Waals surface area contributed by atoms with Crippen molar-refractivity contribution in [3.63, 3.8) is 0 Å². The second kappa shape index (κ2) is 5.66. The number of carboxylic acid groups (broad SMARTS) is 1. The Bertz CT molecular complexity index is 790. The Labute approximate surface area is 126 Å². The van der Waals surface area contributed by atoms with E-state index >= 15 is 0 Å². The molecule has 21 heavy (non-hydrogen) atoms. The number of carboxylic acids is 1. The monoisotopic (exact) mass is 298 g/mol. The first-order valence-corrected chi connectivity index (χ1v) is 7.57. The molecule has 0 unspecified atom stereocenters. The highest BCUT2D eigenvalue weighted by Gasteiger charge is 2.17. The number of thioether (sulfide) groups is 1. The minimum absolute atomic E-state index is 0.257. The lowest BCUT2D eigenvalue weighted by atomic mass is 10.1. The maximum absolute atomic E-state index is 11.3. The molecule has 3 nitrogen and oxygen atoms in total. The number of aromatic carboxylic acids is 1. The minimum atomic E-state index is -0.948. The molecule has 0 bridgehead atoms. The van der Waals surface area contributed by atoms with Crippen LogP contribution in [0.3, 0.4) is 0 Å². The van der Waals surface area contributed by atoms with Gasteiger partial charge in [-0.3, -0.25) is 0 Å². The molecule has 0 atom stereocenters. The molecule has 3 aromatic rings. The second-order valence-corrected chi connectivity index (χ2v) is 5.82. The van der Waals surface area contributed by atoms with Crippen molar-refractivity contribution < 1.29 is 14.3 Å². The molecule has 0 radical (unpaired) electrons. The van der Waals surface area contributed by atoms with Crippen LogP contribution in [0.25, 0.3) is 11.0 Å². The first-order valence-electron chi connectivity index (χ1n) is 6.58. The number of hydrogen-bond donors (Lipinski definition) is 1. The molecule has 0 aliphatic rings. The summed E-state index contributed by atoms with van der Waals surface area (Å²) in [6.45, 7) is 1.68. The number of hydrogen-bond acceptors (Lipinski definition) is 3. The van der Waals surface area contributed by atoms with Gasteiger partial charge >= 0.3 is 5.97 Å². The van der Waals surface area contributed by atoms with Crippen molar-refractivity contribution in [2.75, 3.05) is 0 Å². The second-order valence-electron chi connectivity index (χ2n) is 4.77. The quantitative estimate of drug-likeness (QED) is 0.707. The summed E-state index contributed by atoms with van der Waals surface area (Å²) in [6.07, 6.45) is 0. The predicted molar refractivity (Wildman–Crippen MR) is 83.9 cm³/mol. The summed E-state index contributed by atoms with van der Waals surface area (Å²) in [5.74, 6) is 0.352. The highest BCUT2D eigenvalue weighted by Crippen LogP contribution is 2.31. The van der Waals surface area contributed by atoms with Gasteiger partial charge in [0.05, 0.1) is 0 Å². The first-order chi connectivity index (χ1) is 10.1. The third kappa shape index (κ3) is 2.81. The predicted octanol–water partition coefficient (Wildman–Crippen LogP) is 4.73. The number of benzene rings is 2. The fraction of sp³-hybridized carbons (Fsp3) is 0.118. The zero-order chi connectivity index (χ0) is 14.8. The number of fused-ring (bicyclic) bond motifs is 1.